The Hall–Kier alpha value is -0.670. The Bertz CT molecular complexity index is 310. The molecule has 0 saturated carbocycles. The van der Waals surface area contributed by atoms with E-state index in [2.05, 4.69) is 21.2 Å². The quantitative estimate of drug-likeness (QED) is 0.862. The molecule has 0 aliphatic rings. The Morgan fingerprint density at radius 2 is 2.31 bits per heavy atom. The van der Waals surface area contributed by atoms with Crippen molar-refractivity contribution < 1.29 is 4.39 Å². The summed E-state index contributed by atoms with van der Waals surface area (Å²) in [7, 11) is 1.87. The maximum Gasteiger partial charge on any atom is 0.137 e. The molecule has 13 heavy (non-hydrogen) atoms. The molecule has 0 bridgehead atoms. The Morgan fingerprint density at radius 3 is 3.00 bits per heavy atom. The van der Waals surface area contributed by atoms with Gasteiger partial charge in [0.1, 0.15) is 5.82 Å². The maximum atomic E-state index is 13.0. The minimum absolute atomic E-state index is 0.230. The Balaban J connectivity index is 2.83. The lowest BCUT2D eigenvalue weighted by Gasteiger charge is -1.98. The van der Waals surface area contributed by atoms with Crippen molar-refractivity contribution in [3.63, 3.8) is 0 Å². The van der Waals surface area contributed by atoms with Crippen molar-refractivity contribution in [3.05, 3.63) is 40.1 Å². The van der Waals surface area contributed by atoms with Crippen LogP contribution in [0.2, 0.25) is 0 Å². The summed E-state index contributed by atoms with van der Waals surface area (Å²) < 4.78 is 13.5. The first-order valence-electron chi connectivity index (χ1n) is 4.01. The molecule has 1 N–H and O–H groups in total. The Labute approximate surface area is 85.8 Å². The molecule has 0 fully saturated rings. The molecule has 0 aromatic heterocycles. The van der Waals surface area contributed by atoms with Crippen LogP contribution in [0.4, 0.5) is 4.39 Å². The largest absolute Gasteiger partial charge is 0.316 e. The van der Waals surface area contributed by atoms with Crippen LogP contribution in [-0.4, -0.2) is 13.6 Å². The van der Waals surface area contributed by atoms with Gasteiger partial charge < -0.3 is 5.32 Å². The van der Waals surface area contributed by atoms with Crippen molar-refractivity contribution in [1.82, 2.24) is 5.32 Å². The van der Waals surface area contributed by atoms with E-state index in [1.54, 1.807) is 6.07 Å². The van der Waals surface area contributed by atoms with E-state index in [4.69, 9.17) is 0 Å². The smallest absolute Gasteiger partial charge is 0.137 e. The Morgan fingerprint density at radius 1 is 1.54 bits per heavy atom. The lowest BCUT2D eigenvalue weighted by atomic mass is 10.2. The second-order valence-electron chi connectivity index (χ2n) is 2.60. The predicted octanol–water partition coefficient (Wildman–Crippen LogP) is 2.82. The molecule has 1 rings (SSSR count). The zero-order chi connectivity index (χ0) is 9.68. The molecule has 0 spiro atoms. The van der Waals surface area contributed by atoms with E-state index >= 15 is 0 Å². The molecule has 0 saturated heterocycles. The van der Waals surface area contributed by atoms with Gasteiger partial charge in [-0.25, -0.2) is 4.39 Å². The highest BCUT2D eigenvalue weighted by molar-refractivity contribution is 9.10. The van der Waals surface area contributed by atoms with Crippen molar-refractivity contribution >= 4 is 22.0 Å². The highest BCUT2D eigenvalue weighted by atomic mass is 79.9. The summed E-state index contributed by atoms with van der Waals surface area (Å²) in [5.74, 6) is -0.230. The lowest BCUT2D eigenvalue weighted by Crippen LogP contribution is -2.03. The molecule has 0 amide bonds. The number of likely N-dealkylation sites (N-methyl/N-ethyl adjacent to an activating group) is 1. The van der Waals surface area contributed by atoms with E-state index < -0.39 is 0 Å². The predicted molar refractivity (Wildman–Crippen MR) is 57.1 cm³/mol. The first-order chi connectivity index (χ1) is 6.25. The fraction of sp³-hybridized carbons (Fsp3) is 0.200. The summed E-state index contributed by atoms with van der Waals surface area (Å²) in [6.45, 7) is 0.781. The molecule has 0 unspecified atom stereocenters. The van der Waals surface area contributed by atoms with Gasteiger partial charge in [-0.2, -0.15) is 0 Å². The molecule has 0 heterocycles. The van der Waals surface area contributed by atoms with Gasteiger partial charge in [-0.05, 0) is 34.6 Å². The minimum atomic E-state index is -0.230. The van der Waals surface area contributed by atoms with Crippen LogP contribution in [0, 0.1) is 5.82 Å². The van der Waals surface area contributed by atoms with Gasteiger partial charge in [-0.1, -0.05) is 24.3 Å². The first-order valence-corrected chi connectivity index (χ1v) is 4.80. The first kappa shape index (κ1) is 10.4. The summed E-state index contributed by atoms with van der Waals surface area (Å²) >= 11 is 3.19. The van der Waals surface area contributed by atoms with Gasteiger partial charge in [0.05, 0.1) is 4.47 Å². The van der Waals surface area contributed by atoms with Crippen LogP contribution in [0.25, 0.3) is 6.08 Å². The van der Waals surface area contributed by atoms with Crippen LogP contribution >= 0.6 is 15.9 Å². The molecule has 3 heteroatoms. The van der Waals surface area contributed by atoms with Crippen LogP contribution in [-0.2, 0) is 0 Å². The second kappa shape index (κ2) is 5.14. The normalized spacial score (nSPS) is 11.0. The van der Waals surface area contributed by atoms with E-state index in [9.17, 15) is 4.39 Å². The van der Waals surface area contributed by atoms with Crippen LogP contribution in [0.5, 0.6) is 0 Å². The molecule has 1 nitrogen and oxygen atoms in total. The van der Waals surface area contributed by atoms with E-state index in [1.165, 1.54) is 6.07 Å². The van der Waals surface area contributed by atoms with Crippen molar-refractivity contribution in [2.45, 2.75) is 0 Å². The van der Waals surface area contributed by atoms with Crippen molar-refractivity contribution in [2.75, 3.05) is 13.6 Å². The fourth-order valence-corrected chi connectivity index (χ4v) is 1.35. The number of hydrogen-bond donors (Lipinski definition) is 1. The SMILES string of the molecule is CNCC=Cc1cccc(F)c1Br. The van der Waals surface area contributed by atoms with Crippen molar-refractivity contribution in [1.29, 1.82) is 0 Å². The number of hydrogen-bond acceptors (Lipinski definition) is 1. The number of halogens is 2. The average molecular weight is 244 g/mol. The monoisotopic (exact) mass is 243 g/mol. The molecule has 0 aliphatic carbocycles. The summed E-state index contributed by atoms with van der Waals surface area (Å²) in [6, 6.07) is 4.98. The van der Waals surface area contributed by atoms with Crippen LogP contribution in [0.3, 0.4) is 0 Å². The molecule has 1 aromatic rings. The standard InChI is InChI=1S/C10H11BrFN/c1-13-7-3-5-8-4-2-6-9(12)10(8)11/h2-6,13H,7H2,1H3. The Kier molecular flexibility index (Phi) is 4.12. The molecular formula is C10H11BrFN. The molecule has 0 atom stereocenters. The maximum absolute atomic E-state index is 13.0. The van der Waals surface area contributed by atoms with E-state index in [-0.39, 0.29) is 5.82 Å². The summed E-state index contributed by atoms with van der Waals surface area (Å²) in [5.41, 5.74) is 0.857. The third-order valence-corrected chi connectivity index (χ3v) is 2.44. The highest BCUT2D eigenvalue weighted by Gasteiger charge is 2.00. The minimum Gasteiger partial charge on any atom is -0.316 e. The topological polar surface area (TPSA) is 12.0 Å². The molecule has 70 valence electrons. The zero-order valence-electron chi connectivity index (χ0n) is 7.35. The lowest BCUT2D eigenvalue weighted by molar-refractivity contribution is 0.620. The van der Waals surface area contributed by atoms with Gasteiger partial charge in [0.15, 0.2) is 0 Å². The van der Waals surface area contributed by atoms with E-state index in [1.807, 2.05) is 25.3 Å². The summed E-state index contributed by atoms with van der Waals surface area (Å²) in [6.07, 6.45) is 3.82. The van der Waals surface area contributed by atoms with Gasteiger partial charge in [0.25, 0.3) is 0 Å². The van der Waals surface area contributed by atoms with Gasteiger partial charge in [-0.3, -0.25) is 0 Å². The van der Waals surface area contributed by atoms with E-state index in [0.29, 0.717) is 4.47 Å². The van der Waals surface area contributed by atoms with E-state index in [0.717, 1.165) is 12.1 Å². The van der Waals surface area contributed by atoms with Crippen molar-refractivity contribution in [2.24, 2.45) is 0 Å². The van der Waals surface area contributed by atoms with Crippen LogP contribution < -0.4 is 5.32 Å². The van der Waals surface area contributed by atoms with Gasteiger partial charge in [0.2, 0.25) is 0 Å². The van der Waals surface area contributed by atoms with Gasteiger partial charge >= 0.3 is 0 Å². The van der Waals surface area contributed by atoms with Crippen LogP contribution in [0.1, 0.15) is 5.56 Å². The zero-order valence-corrected chi connectivity index (χ0v) is 8.94. The third kappa shape index (κ3) is 2.94. The van der Waals surface area contributed by atoms with Crippen molar-refractivity contribution in [3.8, 4) is 0 Å². The highest BCUT2D eigenvalue weighted by Crippen LogP contribution is 2.21. The molecule has 0 radical (unpaired) electrons. The summed E-state index contributed by atoms with van der Waals surface area (Å²) in [5, 5.41) is 2.98. The second-order valence-corrected chi connectivity index (χ2v) is 3.40. The average Bonchev–Trinajstić information content (AvgIpc) is 2.13. The molecule has 1 aromatic carbocycles. The third-order valence-electron chi connectivity index (χ3n) is 1.60. The fourth-order valence-electron chi connectivity index (χ4n) is 0.953. The molecule has 0 aliphatic heterocycles. The number of benzene rings is 1. The van der Waals surface area contributed by atoms with Crippen LogP contribution in [0.15, 0.2) is 28.7 Å². The number of rotatable bonds is 3. The molecular weight excluding hydrogens is 233 g/mol. The van der Waals surface area contributed by atoms with Gasteiger partial charge in [0, 0.05) is 6.54 Å². The summed E-state index contributed by atoms with van der Waals surface area (Å²) in [4.78, 5) is 0. The number of nitrogens with one attached hydrogen (secondary N) is 1. The van der Waals surface area contributed by atoms with Gasteiger partial charge in [-0.15, -0.1) is 0 Å².